The molecule has 0 aliphatic carbocycles. The van der Waals surface area contributed by atoms with Crippen LogP contribution in [0.3, 0.4) is 0 Å². The van der Waals surface area contributed by atoms with Gasteiger partial charge in [-0.05, 0) is 23.3 Å². The van der Waals surface area contributed by atoms with E-state index in [4.69, 9.17) is 13.8 Å². The lowest BCUT2D eigenvalue weighted by Gasteiger charge is -2.18. The summed E-state index contributed by atoms with van der Waals surface area (Å²) in [7, 11) is -4.15. The molecule has 2 aromatic rings. The number of carbonyl (C=O) groups is 2. The molecule has 1 saturated heterocycles. The Hall–Kier alpha value is -2.61. The summed E-state index contributed by atoms with van der Waals surface area (Å²) < 4.78 is 35.7. The van der Waals surface area contributed by atoms with E-state index < -0.39 is 39.1 Å². The average Bonchev–Trinajstić information content (AvgIpc) is 2.97. The highest BCUT2D eigenvalue weighted by Gasteiger charge is 2.32. The predicted octanol–water partition coefficient (Wildman–Crippen LogP) is 0.953. The number of aliphatic hydroxyl groups is 1. The van der Waals surface area contributed by atoms with Gasteiger partial charge in [-0.15, -0.1) is 16.8 Å². The molecule has 3 N–H and O–H groups in total. The van der Waals surface area contributed by atoms with Gasteiger partial charge in [-0.1, -0.05) is 6.07 Å². The molecule has 0 saturated carbocycles. The second kappa shape index (κ2) is 9.04. The highest BCUT2D eigenvalue weighted by atomic mass is 32.3. The maximum atomic E-state index is 11.9. The van der Waals surface area contributed by atoms with E-state index in [1.54, 1.807) is 12.1 Å². The fourth-order valence-electron chi connectivity index (χ4n) is 2.82. The van der Waals surface area contributed by atoms with Crippen LogP contribution in [0.25, 0.3) is 11.0 Å². The number of nitrogens with one attached hydrogen (secondary N) is 1. The summed E-state index contributed by atoms with van der Waals surface area (Å²) in [5.41, 5.74) is 0.794. The van der Waals surface area contributed by atoms with Crippen molar-refractivity contribution in [1.82, 2.24) is 10.4 Å². The van der Waals surface area contributed by atoms with Gasteiger partial charge in [0, 0.05) is 36.6 Å². The molecule has 1 aliphatic rings. The summed E-state index contributed by atoms with van der Waals surface area (Å²) in [6.45, 7) is 0.0175. The van der Waals surface area contributed by atoms with E-state index in [-0.39, 0.29) is 30.7 Å². The summed E-state index contributed by atoms with van der Waals surface area (Å²) >= 11 is 0.910. The van der Waals surface area contributed by atoms with E-state index in [0.29, 0.717) is 21.6 Å². The number of rotatable bonds is 7. The van der Waals surface area contributed by atoms with Gasteiger partial charge in [-0.2, -0.15) is 8.42 Å². The van der Waals surface area contributed by atoms with Gasteiger partial charge in [-0.3, -0.25) is 9.35 Å². The Kier molecular flexibility index (Phi) is 6.65. The summed E-state index contributed by atoms with van der Waals surface area (Å²) in [4.78, 5) is 39.9. The van der Waals surface area contributed by atoms with Crippen LogP contribution in [0, 0.1) is 0 Å². The Morgan fingerprint density at radius 2 is 2.10 bits per heavy atom. The number of carbonyl (C=O) groups excluding carboxylic acids is 2. The number of amides is 2. The molecular formula is C17H18N2O9S2. The van der Waals surface area contributed by atoms with E-state index in [1.165, 1.54) is 12.1 Å². The van der Waals surface area contributed by atoms with Crippen LogP contribution in [0.15, 0.2) is 33.5 Å². The van der Waals surface area contributed by atoms with Crippen molar-refractivity contribution in [3.63, 3.8) is 0 Å². The maximum Gasteiger partial charge on any atom is 0.432 e. The Morgan fingerprint density at radius 1 is 1.33 bits per heavy atom. The number of thioether (sulfide) groups is 1. The minimum absolute atomic E-state index is 0.0175. The molecule has 1 fully saturated rings. The van der Waals surface area contributed by atoms with E-state index in [1.807, 2.05) is 0 Å². The van der Waals surface area contributed by atoms with Crippen molar-refractivity contribution >= 4 is 44.8 Å². The van der Waals surface area contributed by atoms with Crippen LogP contribution in [0.1, 0.15) is 24.0 Å². The molecule has 2 amide bonds. The summed E-state index contributed by atoms with van der Waals surface area (Å²) in [5.74, 6) is -0.360. The van der Waals surface area contributed by atoms with Crippen LogP contribution in [0.2, 0.25) is 0 Å². The van der Waals surface area contributed by atoms with E-state index in [9.17, 15) is 27.9 Å². The molecule has 1 aromatic carbocycles. The van der Waals surface area contributed by atoms with Gasteiger partial charge in [0.1, 0.15) is 10.7 Å². The van der Waals surface area contributed by atoms with Gasteiger partial charge in [0.15, 0.2) is 6.23 Å². The number of nitrogens with zero attached hydrogens (tertiary/aromatic N) is 1. The summed E-state index contributed by atoms with van der Waals surface area (Å²) in [6, 6.07) is 6.02. The molecule has 0 bridgehead atoms. The van der Waals surface area contributed by atoms with Gasteiger partial charge in [0.2, 0.25) is 0 Å². The number of hydrogen-bond donors (Lipinski definition) is 3. The molecular weight excluding hydrogens is 440 g/mol. The molecule has 162 valence electrons. The number of hydroxylamine groups is 2. The van der Waals surface area contributed by atoms with Crippen molar-refractivity contribution in [2.24, 2.45) is 0 Å². The van der Waals surface area contributed by atoms with Gasteiger partial charge >= 0.3 is 11.7 Å². The van der Waals surface area contributed by atoms with Crippen LogP contribution in [0.4, 0.5) is 4.79 Å². The fourth-order valence-corrected chi connectivity index (χ4v) is 4.45. The van der Waals surface area contributed by atoms with Crippen LogP contribution in [-0.2, 0) is 32.0 Å². The normalized spacial score (nSPS) is 16.8. The SMILES string of the molecule is O=C(NCc1ccc2oc(=O)cc(CSCS(=O)(=O)O)c2c1)ON1C(=O)CCC1O. The van der Waals surface area contributed by atoms with E-state index in [0.717, 1.165) is 11.8 Å². The first-order valence-corrected chi connectivity index (χ1v) is 11.4. The first-order valence-electron chi connectivity index (χ1n) is 8.67. The fraction of sp³-hybridized carbons (Fsp3) is 0.353. The molecule has 30 heavy (non-hydrogen) atoms. The monoisotopic (exact) mass is 458 g/mol. The Morgan fingerprint density at radius 3 is 2.77 bits per heavy atom. The zero-order chi connectivity index (χ0) is 21.9. The Bertz CT molecular complexity index is 1130. The Balaban J connectivity index is 1.70. The molecule has 13 heteroatoms. The van der Waals surface area contributed by atoms with Gasteiger partial charge in [-0.25, -0.2) is 9.59 Å². The average molecular weight is 458 g/mol. The highest BCUT2D eigenvalue weighted by Crippen LogP contribution is 2.23. The lowest BCUT2D eigenvalue weighted by molar-refractivity contribution is -0.189. The lowest BCUT2D eigenvalue weighted by atomic mass is 10.1. The van der Waals surface area contributed by atoms with Crippen molar-refractivity contribution in [2.75, 3.05) is 5.08 Å². The highest BCUT2D eigenvalue weighted by molar-refractivity contribution is 8.10. The summed E-state index contributed by atoms with van der Waals surface area (Å²) in [5, 5.41) is 12.7. The van der Waals surface area contributed by atoms with E-state index >= 15 is 0 Å². The van der Waals surface area contributed by atoms with Crippen molar-refractivity contribution in [3.05, 3.63) is 45.8 Å². The molecule has 1 unspecified atom stereocenters. The van der Waals surface area contributed by atoms with Crippen LogP contribution >= 0.6 is 11.8 Å². The molecule has 1 atom stereocenters. The second-order valence-electron chi connectivity index (χ2n) is 6.44. The Labute approximate surface area is 174 Å². The molecule has 0 spiro atoms. The first kappa shape index (κ1) is 22.1. The van der Waals surface area contributed by atoms with Crippen LogP contribution in [0.5, 0.6) is 0 Å². The van der Waals surface area contributed by atoms with Gasteiger partial charge < -0.3 is 19.7 Å². The van der Waals surface area contributed by atoms with Crippen molar-refractivity contribution in [3.8, 4) is 0 Å². The van der Waals surface area contributed by atoms with Crippen molar-refractivity contribution in [2.45, 2.75) is 31.4 Å². The topological polar surface area (TPSA) is 163 Å². The maximum absolute atomic E-state index is 11.9. The third-order valence-electron chi connectivity index (χ3n) is 4.13. The predicted molar refractivity (Wildman–Crippen MR) is 106 cm³/mol. The first-order chi connectivity index (χ1) is 14.1. The van der Waals surface area contributed by atoms with E-state index in [2.05, 4.69) is 5.32 Å². The van der Waals surface area contributed by atoms with Crippen LogP contribution in [-0.4, -0.2) is 46.5 Å². The third-order valence-corrected chi connectivity index (χ3v) is 6.51. The smallest absolute Gasteiger partial charge is 0.423 e. The zero-order valence-electron chi connectivity index (χ0n) is 15.4. The third kappa shape index (κ3) is 5.72. The largest absolute Gasteiger partial charge is 0.432 e. The zero-order valence-corrected chi connectivity index (χ0v) is 17.1. The number of aliphatic hydroxyl groups excluding tert-OH is 1. The van der Waals surface area contributed by atoms with Gasteiger partial charge in [0.25, 0.3) is 16.0 Å². The molecule has 2 heterocycles. The second-order valence-corrected chi connectivity index (χ2v) is 9.24. The minimum Gasteiger partial charge on any atom is -0.423 e. The minimum atomic E-state index is -4.15. The number of fused-ring (bicyclic) bond motifs is 1. The molecule has 0 radical (unpaired) electrons. The lowest BCUT2D eigenvalue weighted by Crippen LogP contribution is -2.38. The summed E-state index contributed by atoms with van der Waals surface area (Å²) in [6.07, 6.45) is -1.83. The number of hydrogen-bond acceptors (Lipinski definition) is 9. The van der Waals surface area contributed by atoms with Crippen molar-refractivity contribution in [1.29, 1.82) is 0 Å². The van der Waals surface area contributed by atoms with Gasteiger partial charge in [0.05, 0.1) is 0 Å². The van der Waals surface area contributed by atoms with Crippen LogP contribution < -0.4 is 10.9 Å². The molecule has 3 rings (SSSR count). The van der Waals surface area contributed by atoms with Crippen molar-refractivity contribution < 1.29 is 36.9 Å². The molecule has 1 aliphatic heterocycles. The standard InChI is InChI=1S/C17H18N2O9S2/c20-14-3-4-15(21)19(14)28-17(23)18-7-10-1-2-13-12(5-10)11(6-16(22)27-13)8-29-9-30(24,25)26/h1-2,5-6,14,20H,3-4,7-9H2,(H,18,23)(H,24,25,26). The quantitative estimate of drug-likeness (QED) is 0.402. The molecule has 11 nitrogen and oxygen atoms in total. The molecule has 1 aromatic heterocycles. The number of benzene rings is 1.